The molecule has 0 radical (unpaired) electrons. The Kier molecular flexibility index (Phi) is 10.0. The third-order valence-electron chi connectivity index (χ3n) is 11.4. The molecule has 49 heavy (non-hydrogen) atoms. The monoisotopic (exact) mass is 687 g/mol. The number of nitrogens with one attached hydrogen (secondary N) is 2. The minimum absolute atomic E-state index is 0.178. The van der Waals surface area contributed by atoms with Crippen LogP contribution < -0.4 is 20.7 Å². The maximum atomic E-state index is 13.7. The molecule has 4 N–H and O–H groups in total. The molecule has 3 aliphatic carbocycles. The molecule has 2 aromatic rings. The summed E-state index contributed by atoms with van der Waals surface area (Å²) in [6.45, 7) is 17.8. The number of carbonyl (C=O) groups is 1. The number of nitrogens with zero attached hydrogens (tertiary/aromatic N) is 4. The number of ether oxygens (including phenoxy) is 1. The second kappa shape index (κ2) is 13.8. The van der Waals surface area contributed by atoms with E-state index in [1.165, 1.54) is 37.6 Å². The Bertz CT molecular complexity index is 1560. The summed E-state index contributed by atoms with van der Waals surface area (Å²) >= 11 is 1.22. The van der Waals surface area contributed by atoms with E-state index in [0.717, 1.165) is 55.5 Å². The van der Waals surface area contributed by atoms with E-state index in [0.29, 0.717) is 52.4 Å². The zero-order chi connectivity index (χ0) is 35.0. The lowest BCUT2D eigenvalue weighted by molar-refractivity contribution is 0.0984. The van der Waals surface area contributed by atoms with E-state index < -0.39 is 0 Å². The first-order chi connectivity index (χ1) is 23.4. The highest BCUT2D eigenvalue weighted by Gasteiger charge is 2.85. The molecule has 2 aliphatic heterocycles. The van der Waals surface area contributed by atoms with Crippen LogP contribution in [0.1, 0.15) is 110 Å². The van der Waals surface area contributed by atoms with Crippen molar-refractivity contribution in [3.63, 3.8) is 0 Å². The van der Waals surface area contributed by atoms with Crippen LogP contribution in [0.15, 0.2) is 52.3 Å². The van der Waals surface area contributed by atoms with Crippen LogP contribution in [0.25, 0.3) is 0 Å². The zero-order valence-electron chi connectivity index (χ0n) is 30.6. The molecule has 2 unspecified atom stereocenters. The van der Waals surface area contributed by atoms with E-state index in [1.54, 1.807) is 18.4 Å². The minimum atomic E-state index is -0.206. The van der Waals surface area contributed by atoms with Crippen molar-refractivity contribution in [3.05, 3.63) is 47.9 Å². The van der Waals surface area contributed by atoms with Gasteiger partial charge >= 0.3 is 0 Å². The first kappa shape index (κ1) is 35.6. The van der Waals surface area contributed by atoms with Crippen molar-refractivity contribution in [3.8, 4) is 0 Å². The molecular weight excluding hydrogens is 631 g/mol. The Hall–Kier alpha value is -3.27. The molecule has 7 rings (SSSR count). The summed E-state index contributed by atoms with van der Waals surface area (Å²) in [7, 11) is 0. The molecular formula is C39H57N7O2S. The number of amides is 1. The smallest absolute Gasteiger partial charge is 0.265 e. The normalized spacial score (nSPS) is 25.0. The molecule has 5 aliphatic rings. The fourth-order valence-corrected chi connectivity index (χ4v) is 9.84. The number of nitrogens with two attached hydrogens (primary N) is 1. The lowest BCUT2D eigenvalue weighted by Crippen LogP contribution is -2.40. The number of rotatable bonds is 7. The molecule has 2 aromatic heterocycles. The van der Waals surface area contributed by atoms with Crippen LogP contribution in [0.4, 0.5) is 17.5 Å². The zero-order valence-corrected chi connectivity index (χ0v) is 31.5. The second-order valence-electron chi connectivity index (χ2n) is 16.5. The number of hydrogen-bond acceptors (Lipinski definition) is 9. The van der Waals surface area contributed by atoms with E-state index in [4.69, 9.17) is 20.4 Å². The van der Waals surface area contributed by atoms with Gasteiger partial charge in [-0.1, -0.05) is 40.7 Å². The predicted molar refractivity (Wildman–Crippen MR) is 201 cm³/mol. The topological polar surface area (TPSA) is 118 Å². The SMILES string of the molecule is CC.CC(C)(C)CC1CNc2cccc(n2)SNC(=O)c2ccc(N=C/C=C(\N)OCCC3C4(CC4)C34CC4)nc2N2CC(C1)CC2(C)C. The Morgan fingerprint density at radius 3 is 2.55 bits per heavy atom. The van der Waals surface area contributed by atoms with E-state index in [2.05, 4.69) is 54.5 Å². The Morgan fingerprint density at radius 1 is 1.12 bits per heavy atom. The second-order valence-corrected chi connectivity index (χ2v) is 17.4. The number of carbonyl (C=O) groups excluding carboxylic acids is 1. The molecule has 4 heterocycles. The van der Waals surface area contributed by atoms with Gasteiger partial charge in [0.2, 0.25) is 0 Å². The lowest BCUT2D eigenvalue weighted by Gasteiger charge is -2.33. The molecule has 3 saturated carbocycles. The van der Waals surface area contributed by atoms with Gasteiger partial charge in [0.05, 0.1) is 12.2 Å². The van der Waals surface area contributed by atoms with Gasteiger partial charge in [-0.3, -0.25) is 9.52 Å². The third-order valence-corrected chi connectivity index (χ3v) is 12.1. The van der Waals surface area contributed by atoms with Crippen molar-refractivity contribution >= 4 is 41.5 Å². The average Bonchev–Trinajstić information content (AvgIpc) is 4.01. The number of allylic oxidation sites excluding steroid dienone is 1. The molecule has 10 heteroatoms. The van der Waals surface area contributed by atoms with Crippen LogP contribution >= 0.6 is 11.9 Å². The largest absolute Gasteiger partial charge is 0.479 e. The lowest BCUT2D eigenvalue weighted by atomic mass is 9.79. The number of pyridine rings is 2. The van der Waals surface area contributed by atoms with Crippen molar-refractivity contribution in [1.29, 1.82) is 0 Å². The summed E-state index contributed by atoms with van der Waals surface area (Å²) in [5.74, 6) is 3.97. The maximum absolute atomic E-state index is 13.7. The van der Waals surface area contributed by atoms with Gasteiger partial charge in [0.15, 0.2) is 11.7 Å². The van der Waals surface area contributed by atoms with Gasteiger partial charge in [0.25, 0.3) is 5.91 Å². The molecule has 2 spiro atoms. The minimum Gasteiger partial charge on any atom is -0.479 e. The average molecular weight is 688 g/mol. The van der Waals surface area contributed by atoms with Crippen molar-refractivity contribution in [2.45, 2.75) is 110 Å². The van der Waals surface area contributed by atoms with Gasteiger partial charge < -0.3 is 20.7 Å². The van der Waals surface area contributed by atoms with Crippen LogP contribution in [-0.4, -0.2) is 47.3 Å². The van der Waals surface area contributed by atoms with Crippen LogP contribution in [0.3, 0.4) is 0 Å². The number of hydrogen-bond donors (Lipinski definition) is 3. The number of aliphatic imine (C=N–C) groups is 1. The quantitative estimate of drug-likeness (QED) is 0.151. The van der Waals surface area contributed by atoms with E-state index in [9.17, 15) is 4.79 Å². The van der Waals surface area contributed by atoms with Crippen molar-refractivity contribution in [2.24, 2.45) is 44.7 Å². The van der Waals surface area contributed by atoms with Crippen molar-refractivity contribution in [1.82, 2.24) is 14.7 Å². The summed E-state index contributed by atoms with van der Waals surface area (Å²) in [4.78, 5) is 30.3. The molecule has 4 fully saturated rings. The number of fused-ring (bicyclic) bond motifs is 7. The first-order valence-corrected chi connectivity index (χ1v) is 19.3. The molecule has 1 saturated heterocycles. The predicted octanol–water partition coefficient (Wildman–Crippen LogP) is 8.51. The Labute approximate surface area is 297 Å². The van der Waals surface area contributed by atoms with Crippen molar-refractivity contribution in [2.75, 3.05) is 29.9 Å². The summed E-state index contributed by atoms with van der Waals surface area (Å²) in [6, 6.07) is 9.51. The first-order valence-electron chi connectivity index (χ1n) is 18.5. The highest BCUT2D eigenvalue weighted by atomic mass is 32.2. The summed E-state index contributed by atoms with van der Waals surface area (Å²) in [6.07, 6.45) is 13.3. The Morgan fingerprint density at radius 2 is 1.86 bits per heavy atom. The van der Waals surface area contributed by atoms with Crippen LogP contribution in [-0.2, 0) is 4.74 Å². The summed E-state index contributed by atoms with van der Waals surface area (Å²) in [5.41, 5.74) is 8.12. The maximum Gasteiger partial charge on any atom is 0.265 e. The molecule has 9 nitrogen and oxygen atoms in total. The fraction of sp³-hybridized carbons (Fsp3) is 0.641. The summed E-state index contributed by atoms with van der Waals surface area (Å²) < 4.78 is 8.87. The van der Waals surface area contributed by atoms with Gasteiger partial charge in [-0.25, -0.2) is 15.0 Å². The number of aromatic nitrogens is 2. The van der Waals surface area contributed by atoms with Crippen LogP contribution in [0.2, 0.25) is 0 Å². The molecule has 2 atom stereocenters. The summed E-state index contributed by atoms with van der Waals surface area (Å²) in [5, 5.41) is 4.33. The molecule has 4 bridgehead atoms. The van der Waals surface area contributed by atoms with E-state index >= 15 is 0 Å². The van der Waals surface area contributed by atoms with Gasteiger partial charge in [0, 0.05) is 42.9 Å². The highest BCUT2D eigenvalue weighted by Crippen LogP contribution is 2.93. The standard InChI is InChI=1S/C37H51N7O2S.C2H6/c1-34(2,3)20-24-19-25-21-35(4,5)44(23-25)32-26(33(45)43-47-31-8-6-7-29(41-31)40-22-24)9-10-30(42-32)39-17-11-28(38)46-18-12-27-36(13-14-36)37(27)15-16-37;1-2/h6-11,17,24-25,27H,12-16,18-23,38H2,1-5H3,(H,40,41)(H,43,45);1-2H3/b28-11+,39-17?;. The third kappa shape index (κ3) is 7.74. The van der Waals surface area contributed by atoms with Crippen LogP contribution in [0, 0.1) is 34.0 Å². The van der Waals surface area contributed by atoms with Gasteiger partial charge in [-0.15, -0.1) is 0 Å². The van der Waals surface area contributed by atoms with Crippen LogP contribution in [0.5, 0.6) is 0 Å². The van der Waals surface area contributed by atoms with E-state index in [-0.39, 0.29) is 16.9 Å². The Balaban J connectivity index is 0.00000205. The van der Waals surface area contributed by atoms with Crippen molar-refractivity contribution < 1.29 is 9.53 Å². The molecule has 0 aromatic carbocycles. The van der Waals surface area contributed by atoms with Gasteiger partial charge in [-0.05, 0) is 123 Å². The molecule has 266 valence electrons. The highest BCUT2D eigenvalue weighted by molar-refractivity contribution is 7.97. The number of anilines is 2. The fourth-order valence-electron chi connectivity index (χ4n) is 9.24. The molecule has 1 amide bonds. The van der Waals surface area contributed by atoms with E-state index in [1.807, 2.05) is 38.1 Å². The van der Waals surface area contributed by atoms with Gasteiger partial charge in [-0.2, -0.15) is 0 Å². The van der Waals surface area contributed by atoms with Gasteiger partial charge in [0.1, 0.15) is 16.7 Å².